The van der Waals surface area contributed by atoms with Gasteiger partial charge in [-0.2, -0.15) is 4.58 Å². The Morgan fingerprint density at radius 2 is 1.65 bits per heavy atom. The Morgan fingerprint density at radius 3 is 2.19 bits per heavy atom. The SMILES string of the molecule is CC[N+](=C(c1ccccc1)c1ccccc1)c1ccc(F)c(C2(C)COCC(=O)N2)c1. The van der Waals surface area contributed by atoms with Crippen molar-refractivity contribution < 1.29 is 18.5 Å². The maximum absolute atomic E-state index is 14.9. The van der Waals surface area contributed by atoms with Gasteiger partial charge in [0.2, 0.25) is 17.3 Å². The topological polar surface area (TPSA) is 41.3 Å². The smallest absolute Gasteiger partial charge is 0.246 e. The highest BCUT2D eigenvalue weighted by molar-refractivity contribution is 6.10. The number of carbonyl (C=O) groups excluding carboxylic acids is 1. The van der Waals surface area contributed by atoms with Gasteiger partial charge in [-0.1, -0.05) is 36.4 Å². The van der Waals surface area contributed by atoms with E-state index < -0.39 is 5.54 Å². The van der Waals surface area contributed by atoms with Crippen molar-refractivity contribution in [2.75, 3.05) is 19.8 Å². The molecule has 1 saturated heterocycles. The Balaban J connectivity index is 1.91. The summed E-state index contributed by atoms with van der Waals surface area (Å²) in [7, 11) is 0. The lowest BCUT2D eigenvalue weighted by atomic mass is 9.90. The molecule has 0 spiro atoms. The van der Waals surface area contributed by atoms with Gasteiger partial charge in [0.25, 0.3) is 0 Å². The first kappa shape index (κ1) is 20.9. The van der Waals surface area contributed by atoms with Crippen molar-refractivity contribution in [1.82, 2.24) is 5.32 Å². The Kier molecular flexibility index (Phi) is 5.96. The van der Waals surface area contributed by atoms with Crippen molar-refractivity contribution in [3.63, 3.8) is 0 Å². The van der Waals surface area contributed by atoms with E-state index in [0.29, 0.717) is 12.1 Å². The first-order chi connectivity index (χ1) is 15.0. The molecule has 0 aromatic heterocycles. The highest BCUT2D eigenvalue weighted by atomic mass is 19.1. The monoisotopic (exact) mass is 417 g/mol. The molecule has 1 unspecified atom stereocenters. The molecule has 0 bridgehead atoms. The van der Waals surface area contributed by atoms with Gasteiger partial charge in [-0.3, -0.25) is 4.79 Å². The van der Waals surface area contributed by atoms with Crippen LogP contribution in [0.2, 0.25) is 0 Å². The molecule has 3 aromatic carbocycles. The van der Waals surface area contributed by atoms with Crippen LogP contribution in [0.4, 0.5) is 10.1 Å². The van der Waals surface area contributed by atoms with Crippen molar-refractivity contribution in [2.24, 2.45) is 0 Å². The molecule has 1 N–H and O–H groups in total. The van der Waals surface area contributed by atoms with Crippen LogP contribution in [-0.2, 0) is 15.1 Å². The van der Waals surface area contributed by atoms with Crippen LogP contribution >= 0.6 is 0 Å². The number of hydrogen-bond acceptors (Lipinski definition) is 2. The molecule has 158 valence electrons. The zero-order valence-corrected chi connectivity index (χ0v) is 17.8. The fraction of sp³-hybridized carbons (Fsp3) is 0.231. The summed E-state index contributed by atoms with van der Waals surface area (Å²) in [4.78, 5) is 11.9. The van der Waals surface area contributed by atoms with E-state index in [-0.39, 0.29) is 24.9 Å². The number of carbonyl (C=O) groups is 1. The highest BCUT2D eigenvalue weighted by Gasteiger charge is 2.36. The lowest BCUT2D eigenvalue weighted by Crippen LogP contribution is -2.53. The Labute approximate surface area is 182 Å². The van der Waals surface area contributed by atoms with E-state index >= 15 is 0 Å². The molecule has 4 nitrogen and oxygen atoms in total. The Bertz CT molecular complexity index is 1070. The summed E-state index contributed by atoms with van der Waals surface area (Å²) in [5.41, 5.74) is 3.52. The molecule has 0 radical (unpaired) electrons. The second-order valence-corrected chi connectivity index (χ2v) is 7.86. The largest absolute Gasteiger partial charge is 0.369 e. The number of rotatable bonds is 5. The molecule has 31 heavy (non-hydrogen) atoms. The van der Waals surface area contributed by atoms with E-state index in [4.69, 9.17) is 4.74 Å². The van der Waals surface area contributed by atoms with Gasteiger partial charge in [0.1, 0.15) is 19.0 Å². The molecule has 0 aliphatic carbocycles. The summed E-state index contributed by atoms with van der Waals surface area (Å²) in [5, 5.41) is 2.90. The molecule has 1 aliphatic heterocycles. The van der Waals surface area contributed by atoms with Crippen molar-refractivity contribution in [3.05, 3.63) is 101 Å². The average molecular weight is 418 g/mol. The zero-order chi connectivity index (χ0) is 21.8. The molecule has 1 amide bonds. The molecule has 1 fully saturated rings. The summed E-state index contributed by atoms with van der Waals surface area (Å²) >= 11 is 0. The van der Waals surface area contributed by atoms with Crippen molar-refractivity contribution in [1.29, 1.82) is 0 Å². The quantitative estimate of drug-likeness (QED) is 0.494. The van der Waals surface area contributed by atoms with Crippen LogP contribution in [0.1, 0.15) is 30.5 Å². The van der Waals surface area contributed by atoms with Crippen molar-refractivity contribution in [3.8, 4) is 0 Å². The van der Waals surface area contributed by atoms with Gasteiger partial charge in [-0.05, 0) is 44.2 Å². The Hall–Kier alpha value is -3.31. The van der Waals surface area contributed by atoms with Crippen LogP contribution in [0.3, 0.4) is 0 Å². The molecular weight excluding hydrogens is 391 g/mol. The van der Waals surface area contributed by atoms with E-state index in [2.05, 4.69) is 41.1 Å². The molecule has 0 saturated carbocycles. The van der Waals surface area contributed by atoms with Crippen LogP contribution in [0, 0.1) is 5.82 Å². The minimum Gasteiger partial charge on any atom is -0.369 e. The van der Waals surface area contributed by atoms with Crippen LogP contribution in [0.15, 0.2) is 78.9 Å². The van der Waals surface area contributed by atoms with Gasteiger partial charge in [0.05, 0.1) is 12.1 Å². The van der Waals surface area contributed by atoms with E-state index in [9.17, 15) is 9.18 Å². The first-order valence-corrected chi connectivity index (χ1v) is 10.5. The molecular formula is C26H26FN2O2+. The minimum absolute atomic E-state index is 0.00206. The summed E-state index contributed by atoms with van der Waals surface area (Å²) in [5.74, 6) is -0.610. The van der Waals surface area contributed by atoms with E-state index in [1.165, 1.54) is 6.07 Å². The first-order valence-electron chi connectivity index (χ1n) is 10.5. The van der Waals surface area contributed by atoms with Gasteiger partial charge in [-0.25, -0.2) is 4.39 Å². The van der Waals surface area contributed by atoms with Crippen LogP contribution in [0.5, 0.6) is 0 Å². The number of morpholine rings is 1. The van der Waals surface area contributed by atoms with Gasteiger partial charge >= 0.3 is 0 Å². The summed E-state index contributed by atoms with van der Waals surface area (Å²) in [6.45, 7) is 4.77. The number of halogens is 1. The van der Waals surface area contributed by atoms with Crippen molar-refractivity contribution in [2.45, 2.75) is 19.4 Å². The van der Waals surface area contributed by atoms with Gasteiger partial charge in [0, 0.05) is 28.8 Å². The third kappa shape index (κ3) is 4.28. The summed E-state index contributed by atoms with van der Waals surface area (Å²) in [6.07, 6.45) is 0. The molecule has 5 heteroatoms. The number of ether oxygens (including phenoxy) is 1. The molecule has 1 atom stereocenters. The average Bonchev–Trinajstić information content (AvgIpc) is 2.79. The highest BCUT2D eigenvalue weighted by Crippen LogP contribution is 2.30. The van der Waals surface area contributed by atoms with Gasteiger partial charge in [-0.15, -0.1) is 0 Å². The Morgan fingerprint density at radius 1 is 1.03 bits per heavy atom. The predicted octanol–water partition coefficient (Wildman–Crippen LogP) is 4.39. The molecule has 3 aromatic rings. The maximum atomic E-state index is 14.9. The molecule has 4 rings (SSSR count). The predicted molar refractivity (Wildman–Crippen MR) is 119 cm³/mol. The lowest BCUT2D eigenvalue weighted by Gasteiger charge is -2.35. The minimum atomic E-state index is -0.922. The number of nitrogens with zero attached hydrogens (tertiary/aromatic N) is 1. The van der Waals surface area contributed by atoms with Crippen molar-refractivity contribution >= 4 is 17.3 Å². The maximum Gasteiger partial charge on any atom is 0.246 e. The van der Waals surface area contributed by atoms with Crippen LogP contribution in [-0.4, -0.2) is 36.0 Å². The molecule has 1 aliphatic rings. The third-order valence-corrected chi connectivity index (χ3v) is 5.58. The second kappa shape index (κ2) is 8.82. The van der Waals surface area contributed by atoms with E-state index in [1.807, 2.05) is 42.5 Å². The fourth-order valence-electron chi connectivity index (χ4n) is 4.12. The summed E-state index contributed by atoms with van der Waals surface area (Å²) in [6, 6.07) is 25.4. The third-order valence-electron chi connectivity index (χ3n) is 5.58. The molecule has 1 heterocycles. The van der Waals surface area contributed by atoms with E-state index in [1.54, 1.807) is 13.0 Å². The van der Waals surface area contributed by atoms with Gasteiger partial charge in [0.15, 0.2) is 0 Å². The standard InChI is InChI=1S/C26H25FN2O2/c1-3-29(25(19-10-6-4-7-11-19)20-12-8-5-9-13-20)21-14-15-23(27)22(16-21)26(2)18-31-17-24(30)28-26/h4-16H,3,17-18H2,1-2H3/p+1. The number of nitrogens with one attached hydrogen (secondary N) is 1. The number of benzene rings is 3. The second-order valence-electron chi connectivity index (χ2n) is 7.86. The fourth-order valence-corrected chi connectivity index (χ4v) is 4.12. The zero-order valence-electron chi connectivity index (χ0n) is 17.8. The summed E-state index contributed by atoms with van der Waals surface area (Å²) < 4.78 is 22.5. The van der Waals surface area contributed by atoms with Crippen LogP contribution in [0.25, 0.3) is 0 Å². The van der Waals surface area contributed by atoms with E-state index in [0.717, 1.165) is 22.5 Å². The normalized spacial score (nSPS) is 18.4. The number of amides is 1. The van der Waals surface area contributed by atoms with Gasteiger partial charge < -0.3 is 10.1 Å². The van der Waals surface area contributed by atoms with Crippen LogP contribution < -0.4 is 5.32 Å². The number of hydrogen-bond donors (Lipinski definition) is 1. The lowest BCUT2D eigenvalue weighted by molar-refractivity contribution is -0.435.